The number of nitriles is 1. The first kappa shape index (κ1) is 20.7. The molecule has 2 rings (SSSR count). The zero-order valence-electron chi connectivity index (χ0n) is 16.1. The van der Waals surface area contributed by atoms with E-state index >= 15 is 0 Å². The number of benzene rings is 1. The number of carbonyl (C=O) groups is 2. The number of amides is 1. The largest absolute Gasteiger partial charge is 0.497 e. The second-order valence-corrected chi connectivity index (χ2v) is 6.89. The van der Waals surface area contributed by atoms with Crippen LogP contribution in [0.15, 0.2) is 40.4 Å². The standard InChI is InChI=1S/C20H21N3O5/c1-20(2,3)16-10-18(28-23-16)22-17(24)12-27-19(25)14(11-21)9-13-5-7-15(26-4)8-6-13/h5-10H,12H2,1-4H3,(H,22,24)/b14-9+. The van der Waals surface area contributed by atoms with Crippen LogP contribution in [0.25, 0.3) is 6.08 Å². The van der Waals surface area contributed by atoms with Crippen molar-refractivity contribution in [2.45, 2.75) is 26.2 Å². The van der Waals surface area contributed by atoms with Crippen molar-refractivity contribution in [1.82, 2.24) is 5.16 Å². The Morgan fingerprint density at radius 1 is 1.29 bits per heavy atom. The number of hydrogen-bond acceptors (Lipinski definition) is 7. The van der Waals surface area contributed by atoms with E-state index < -0.39 is 18.5 Å². The Morgan fingerprint density at radius 2 is 1.96 bits per heavy atom. The van der Waals surface area contributed by atoms with Crippen LogP contribution in [0.2, 0.25) is 0 Å². The second kappa shape index (κ2) is 8.86. The average Bonchev–Trinajstić information content (AvgIpc) is 3.13. The fourth-order valence-corrected chi connectivity index (χ4v) is 2.07. The molecule has 1 aromatic heterocycles. The Kier molecular flexibility index (Phi) is 6.55. The van der Waals surface area contributed by atoms with E-state index in [0.29, 0.717) is 17.0 Å². The van der Waals surface area contributed by atoms with E-state index in [-0.39, 0.29) is 16.9 Å². The van der Waals surface area contributed by atoms with Gasteiger partial charge in [-0.05, 0) is 23.8 Å². The summed E-state index contributed by atoms with van der Waals surface area (Å²) in [5, 5.41) is 15.5. The van der Waals surface area contributed by atoms with Crippen LogP contribution in [0.4, 0.5) is 5.88 Å². The van der Waals surface area contributed by atoms with Crippen LogP contribution in [0.1, 0.15) is 32.0 Å². The molecule has 1 N–H and O–H groups in total. The first-order valence-electron chi connectivity index (χ1n) is 8.43. The molecule has 0 aliphatic heterocycles. The molecule has 0 fully saturated rings. The summed E-state index contributed by atoms with van der Waals surface area (Å²) in [5.41, 5.74) is 0.837. The molecule has 8 heteroatoms. The zero-order valence-corrected chi connectivity index (χ0v) is 16.1. The fraction of sp³-hybridized carbons (Fsp3) is 0.300. The number of nitrogens with zero attached hydrogens (tertiary/aromatic N) is 2. The molecule has 0 aliphatic rings. The van der Waals surface area contributed by atoms with Crippen molar-refractivity contribution in [2.24, 2.45) is 0 Å². The van der Waals surface area contributed by atoms with E-state index in [0.717, 1.165) is 0 Å². The van der Waals surface area contributed by atoms with Gasteiger partial charge in [0.15, 0.2) is 6.61 Å². The van der Waals surface area contributed by atoms with Crippen molar-refractivity contribution >= 4 is 23.8 Å². The van der Waals surface area contributed by atoms with Gasteiger partial charge >= 0.3 is 5.97 Å². The highest BCUT2D eigenvalue weighted by Gasteiger charge is 2.20. The molecule has 8 nitrogen and oxygen atoms in total. The van der Waals surface area contributed by atoms with Gasteiger partial charge in [0, 0.05) is 11.5 Å². The van der Waals surface area contributed by atoms with Crippen LogP contribution in [-0.4, -0.2) is 30.7 Å². The number of carbonyl (C=O) groups excluding carboxylic acids is 2. The first-order chi connectivity index (χ1) is 13.2. The van der Waals surface area contributed by atoms with Gasteiger partial charge in [-0.25, -0.2) is 4.79 Å². The highest BCUT2D eigenvalue weighted by Crippen LogP contribution is 2.23. The quantitative estimate of drug-likeness (QED) is 0.463. The number of aromatic nitrogens is 1. The van der Waals surface area contributed by atoms with E-state index in [1.54, 1.807) is 36.4 Å². The summed E-state index contributed by atoms with van der Waals surface area (Å²) in [7, 11) is 1.54. The minimum Gasteiger partial charge on any atom is -0.497 e. The lowest BCUT2D eigenvalue weighted by molar-refractivity contribution is -0.142. The molecular formula is C20H21N3O5. The third kappa shape index (κ3) is 5.71. The van der Waals surface area contributed by atoms with Gasteiger partial charge in [0.25, 0.3) is 5.91 Å². The van der Waals surface area contributed by atoms with Crippen molar-refractivity contribution in [1.29, 1.82) is 5.26 Å². The van der Waals surface area contributed by atoms with Crippen molar-refractivity contribution in [3.05, 3.63) is 47.2 Å². The monoisotopic (exact) mass is 383 g/mol. The molecule has 0 bridgehead atoms. The van der Waals surface area contributed by atoms with Crippen LogP contribution in [0.5, 0.6) is 5.75 Å². The number of anilines is 1. The van der Waals surface area contributed by atoms with E-state index in [4.69, 9.17) is 14.0 Å². The number of nitrogens with one attached hydrogen (secondary N) is 1. The Balaban J connectivity index is 1.93. The maximum Gasteiger partial charge on any atom is 0.349 e. The second-order valence-electron chi connectivity index (χ2n) is 6.89. The summed E-state index contributed by atoms with van der Waals surface area (Å²) in [5.74, 6) is -0.703. The lowest BCUT2D eigenvalue weighted by Gasteiger charge is -2.12. The molecular weight excluding hydrogens is 362 g/mol. The molecule has 1 amide bonds. The SMILES string of the molecule is COc1ccc(/C=C(\C#N)C(=O)OCC(=O)Nc2cc(C(C)(C)C)no2)cc1. The third-order valence-electron chi connectivity index (χ3n) is 3.64. The summed E-state index contributed by atoms with van der Waals surface area (Å²) in [4.78, 5) is 24.0. The summed E-state index contributed by atoms with van der Waals surface area (Å²) >= 11 is 0. The maximum absolute atomic E-state index is 12.0. The van der Waals surface area contributed by atoms with Crippen LogP contribution in [0, 0.1) is 11.3 Å². The Labute approximate surface area is 162 Å². The highest BCUT2D eigenvalue weighted by atomic mass is 16.5. The summed E-state index contributed by atoms with van der Waals surface area (Å²) < 4.78 is 15.0. The van der Waals surface area contributed by atoms with Crippen molar-refractivity contribution < 1.29 is 23.6 Å². The fourth-order valence-electron chi connectivity index (χ4n) is 2.07. The minimum atomic E-state index is -0.901. The predicted octanol–water partition coefficient (Wildman–Crippen LogP) is 3.07. The number of methoxy groups -OCH3 is 1. The van der Waals surface area contributed by atoms with E-state index in [2.05, 4.69) is 10.5 Å². The molecule has 2 aromatic rings. The van der Waals surface area contributed by atoms with Gasteiger partial charge < -0.3 is 14.0 Å². The average molecular weight is 383 g/mol. The van der Waals surface area contributed by atoms with E-state index in [9.17, 15) is 14.9 Å². The lowest BCUT2D eigenvalue weighted by atomic mass is 9.92. The molecule has 0 atom stereocenters. The van der Waals surface area contributed by atoms with Crippen molar-refractivity contribution in [2.75, 3.05) is 19.0 Å². The molecule has 1 aromatic carbocycles. The molecule has 0 radical (unpaired) electrons. The topological polar surface area (TPSA) is 114 Å². The molecule has 28 heavy (non-hydrogen) atoms. The van der Waals surface area contributed by atoms with Gasteiger partial charge in [0.1, 0.15) is 17.4 Å². The Morgan fingerprint density at radius 3 is 2.50 bits per heavy atom. The minimum absolute atomic E-state index is 0.153. The van der Waals surface area contributed by atoms with E-state index in [1.807, 2.05) is 20.8 Å². The highest BCUT2D eigenvalue weighted by molar-refractivity contribution is 5.99. The number of rotatable bonds is 6. The van der Waals surface area contributed by atoms with Gasteiger partial charge in [-0.1, -0.05) is 38.1 Å². The third-order valence-corrected chi connectivity index (χ3v) is 3.64. The maximum atomic E-state index is 12.0. The predicted molar refractivity (Wildman–Crippen MR) is 101 cm³/mol. The summed E-state index contributed by atoms with van der Waals surface area (Å²) in [6.45, 7) is 5.30. The number of hydrogen-bond donors (Lipinski definition) is 1. The Bertz CT molecular complexity index is 915. The molecule has 1 heterocycles. The van der Waals surface area contributed by atoms with Gasteiger partial charge in [-0.3, -0.25) is 10.1 Å². The summed E-state index contributed by atoms with van der Waals surface area (Å²) in [6, 6.07) is 10.1. The first-order valence-corrected chi connectivity index (χ1v) is 8.43. The normalized spacial score (nSPS) is 11.5. The summed E-state index contributed by atoms with van der Waals surface area (Å²) in [6.07, 6.45) is 1.37. The molecule has 0 spiro atoms. The van der Waals surface area contributed by atoms with Gasteiger partial charge in [0.2, 0.25) is 5.88 Å². The van der Waals surface area contributed by atoms with Gasteiger partial charge in [0.05, 0.1) is 12.8 Å². The van der Waals surface area contributed by atoms with Crippen LogP contribution in [-0.2, 0) is 19.7 Å². The molecule has 0 aliphatic carbocycles. The van der Waals surface area contributed by atoms with Crippen molar-refractivity contribution in [3.8, 4) is 11.8 Å². The smallest absolute Gasteiger partial charge is 0.349 e. The Hall–Kier alpha value is -3.60. The molecule has 0 saturated heterocycles. The zero-order chi connectivity index (χ0) is 20.7. The van der Waals surface area contributed by atoms with Crippen LogP contribution < -0.4 is 10.1 Å². The van der Waals surface area contributed by atoms with Crippen LogP contribution >= 0.6 is 0 Å². The number of esters is 1. The van der Waals surface area contributed by atoms with Gasteiger partial charge in [-0.2, -0.15) is 5.26 Å². The van der Waals surface area contributed by atoms with Crippen molar-refractivity contribution in [3.63, 3.8) is 0 Å². The molecule has 0 saturated carbocycles. The molecule has 146 valence electrons. The van der Waals surface area contributed by atoms with E-state index in [1.165, 1.54) is 13.2 Å². The number of ether oxygens (including phenoxy) is 2. The van der Waals surface area contributed by atoms with Gasteiger partial charge in [-0.15, -0.1) is 0 Å². The lowest BCUT2D eigenvalue weighted by Crippen LogP contribution is -2.21. The molecule has 0 unspecified atom stereocenters. The van der Waals surface area contributed by atoms with Crippen LogP contribution in [0.3, 0.4) is 0 Å².